The van der Waals surface area contributed by atoms with Crippen LogP contribution >= 0.6 is 0 Å². The van der Waals surface area contributed by atoms with Crippen molar-refractivity contribution >= 4 is 12.0 Å². The molecule has 0 aromatic heterocycles. The van der Waals surface area contributed by atoms with Gasteiger partial charge in [-0.2, -0.15) is 0 Å². The van der Waals surface area contributed by atoms with Gasteiger partial charge in [0.2, 0.25) is 5.91 Å². The average Bonchev–Trinajstić information content (AvgIpc) is 2.54. The summed E-state index contributed by atoms with van der Waals surface area (Å²) in [6.45, 7) is 4.12. The lowest BCUT2D eigenvalue weighted by Gasteiger charge is -2.31. The van der Waals surface area contributed by atoms with Gasteiger partial charge >= 0.3 is 6.09 Å². The molecule has 1 aromatic rings. The van der Waals surface area contributed by atoms with Crippen molar-refractivity contribution in [1.82, 2.24) is 10.6 Å². The molecule has 0 aliphatic heterocycles. The molecule has 1 aliphatic rings. The SMILES string of the molecule is CC(C)NC(=O)[C@@H]1CCCC[C@H]1NC(=O)OCc1ccccc1. The summed E-state index contributed by atoms with van der Waals surface area (Å²) >= 11 is 0. The number of ether oxygens (including phenoxy) is 1. The molecule has 126 valence electrons. The number of hydrogen-bond acceptors (Lipinski definition) is 3. The molecule has 5 heteroatoms. The van der Waals surface area contributed by atoms with Crippen LogP contribution in [0.25, 0.3) is 0 Å². The maximum atomic E-state index is 12.3. The largest absolute Gasteiger partial charge is 0.445 e. The van der Waals surface area contributed by atoms with Gasteiger partial charge in [0.1, 0.15) is 6.61 Å². The molecule has 1 aliphatic carbocycles. The van der Waals surface area contributed by atoms with Crippen LogP contribution < -0.4 is 10.6 Å². The maximum absolute atomic E-state index is 12.3. The molecule has 0 bridgehead atoms. The first-order valence-corrected chi connectivity index (χ1v) is 8.34. The molecule has 2 N–H and O–H groups in total. The summed E-state index contributed by atoms with van der Waals surface area (Å²) in [7, 11) is 0. The Balaban J connectivity index is 1.85. The fourth-order valence-electron chi connectivity index (χ4n) is 2.93. The van der Waals surface area contributed by atoms with Gasteiger partial charge in [-0.15, -0.1) is 0 Å². The van der Waals surface area contributed by atoms with Gasteiger partial charge in [0, 0.05) is 12.1 Å². The molecule has 0 spiro atoms. The van der Waals surface area contributed by atoms with Gasteiger partial charge in [-0.1, -0.05) is 43.2 Å². The first kappa shape index (κ1) is 17.3. The van der Waals surface area contributed by atoms with E-state index in [1.807, 2.05) is 44.2 Å². The van der Waals surface area contributed by atoms with E-state index < -0.39 is 6.09 Å². The van der Waals surface area contributed by atoms with Crippen molar-refractivity contribution in [2.24, 2.45) is 5.92 Å². The Kier molecular flexibility index (Phi) is 6.44. The van der Waals surface area contributed by atoms with Gasteiger partial charge in [0.15, 0.2) is 0 Å². The molecule has 23 heavy (non-hydrogen) atoms. The highest BCUT2D eigenvalue weighted by Crippen LogP contribution is 2.25. The van der Waals surface area contributed by atoms with Gasteiger partial charge in [-0.3, -0.25) is 4.79 Å². The van der Waals surface area contributed by atoms with Crippen molar-refractivity contribution in [3.8, 4) is 0 Å². The molecule has 1 saturated carbocycles. The number of nitrogens with one attached hydrogen (secondary N) is 2. The van der Waals surface area contributed by atoms with Crippen LogP contribution in [0.5, 0.6) is 0 Å². The predicted molar refractivity (Wildman–Crippen MR) is 88.8 cm³/mol. The Morgan fingerprint density at radius 3 is 2.57 bits per heavy atom. The molecule has 2 amide bonds. The summed E-state index contributed by atoms with van der Waals surface area (Å²) in [5.41, 5.74) is 0.945. The molecular weight excluding hydrogens is 292 g/mol. The summed E-state index contributed by atoms with van der Waals surface area (Å²) in [5.74, 6) is -0.150. The Morgan fingerprint density at radius 2 is 1.87 bits per heavy atom. The Bertz CT molecular complexity index is 516. The van der Waals surface area contributed by atoms with Crippen LogP contribution in [0, 0.1) is 5.92 Å². The normalized spacial score (nSPS) is 20.8. The number of alkyl carbamates (subject to hydrolysis) is 1. The lowest BCUT2D eigenvalue weighted by atomic mass is 9.84. The summed E-state index contributed by atoms with van der Waals surface area (Å²) in [6.07, 6.45) is 3.21. The van der Waals surface area contributed by atoms with E-state index in [0.29, 0.717) is 0 Å². The molecule has 0 unspecified atom stereocenters. The fourth-order valence-corrected chi connectivity index (χ4v) is 2.93. The van der Waals surface area contributed by atoms with Crippen molar-refractivity contribution < 1.29 is 14.3 Å². The zero-order valence-electron chi connectivity index (χ0n) is 13.9. The first-order chi connectivity index (χ1) is 11.1. The zero-order chi connectivity index (χ0) is 16.7. The van der Waals surface area contributed by atoms with E-state index in [9.17, 15) is 9.59 Å². The van der Waals surface area contributed by atoms with E-state index in [1.165, 1.54) is 0 Å². The summed E-state index contributed by atoms with van der Waals surface area (Å²) in [4.78, 5) is 24.3. The molecular formula is C18H26N2O3. The number of carbonyl (C=O) groups is 2. The third-order valence-corrected chi connectivity index (χ3v) is 4.05. The quantitative estimate of drug-likeness (QED) is 0.877. The molecule has 5 nitrogen and oxygen atoms in total. The second kappa shape index (κ2) is 8.56. The minimum absolute atomic E-state index is 0.0214. The standard InChI is InChI=1S/C18H26N2O3/c1-13(2)19-17(21)15-10-6-7-11-16(15)20-18(22)23-12-14-8-4-3-5-9-14/h3-5,8-9,13,15-16H,6-7,10-12H2,1-2H3,(H,19,21)(H,20,22)/t15-,16-/m1/s1. The highest BCUT2D eigenvalue weighted by molar-refractivity contribution is 5.80. The van der Waals surface area contributed by atoms with Crippen LogP contribution in [0.1, 0.15) is 45.1 Å². The smallest absolute Gasteiger partial charge is 0.407 e. The lowest BCUT2D eigenvalue weighted by molar-refractivity contribution is -0.127. The second-order valence-corrected chi connectivity index (χ2v) is 6.37. The van der Waals surface area contributed by atoms with E-state index in [1.54, 1.807) is 0 Å². The Morgan fingerprint density at radius 1 is 1.17 bits per heavy atom. The van der Waals surface area contributed by atoms with E-state index >= 15 is 0 Å². The minimum atomic E-state index is -0.455. The summed E-state index contributed by atoms with van der Waals surface area (Å²) < 4.78 is 5.26. The molecule has 0 saturated heterocycles. The topological polar surface area (TPSA) is 67.4 Å². The molecule has 1 aromatic carbocycles. The van der Waals surface area contributed by atoms with Crippen LogP contribution in [0.2, 0.25) is 0 Å². The maximum Gasteiger partial charge on any atom is 0.407 e. The van der Waals surface area contributed by atoms with Crippen molar-refractivity contribution in [3.05, 3.63) is 35.9 Å². The predicted octanol–water partition coefficient (Wildman–Crippen LogP) is 3.00. The first-order valence-electron chi connectivity index (χ1n) is 8.34. The van der Waals surface area contributed by atoms with Crippen LogP contribution in [0.4, 0.5) is 4.79 Å². The summed E-state index contributed by atoms with van der Waals surface area (Å²) in [5, 5.41) is 5.81. The van der Waals surface area contributed by atoms with Gasteiger partial charge in [0.05, 0.1) is 5.92 Å². The number of rotatable bonds is 5. The third-order valence-electron chi connectivity index (χ3n) is 4.05. The van der Waals surface area contributed by atoms with Crippen LogP contribution in [0.15, 0.2) is 30.3 Å². The van der Waals surface area contributed by atoms with Crippen molar-refractivity contribution in [2.75, 3.05) is 0 Å². The van der Waals surface area contributed by atoms with E-state index in [-0.39, 0.29) is 30.5 Å². The van der Waals surface area contributed by atoms with Crippen LogP contribution in [-0.4, -0.2) is 24.1 Å². The Hall–Kier alpha value is -2.04. The average molecular weight is 318 g/mol. The number of hydrogen-bond donors (Lipinski definition) is 2. The van der Waals surface area contributed by atoms with Gasteiger partial charge in [0.25, 0.3) is 0 Å². The Labute approximate surface area is 137 Å². The number of carbonyl (C=O) groups excluding carboxylic acids is 2. The van der Waals surface area contributed by atoms with E-state index in [2.05, 4.69) is 10.6 Å². The molecule has 2 atom stereocenters. The van der Waals surface area contributed by atoms with E-state index in [0.717, 1.165) is 31.2 Å². The molecule has 0 heterocycles. The van der Waals surface area contributed by atoms with Gasteiger partial charge in [-0.25, -0.2) is 4.79 Å². The van der Waals surface area contributed by atoms with Crippen LogP contribution in [0.3, 0.4) is 0 Å². The minimum Gasteiger partial charge on any atom is -0.445 e. The number of amides is 2. The third kappa shape index (κ3) is 5.58. The van der Waals surface area contributed by atoms with Crippen molar-refractivity contribution in [1.29, 1.82) is 0 Å². The summed E-state index contributed by atoms with van der Waals surface area (Å²) in [6, 6.07) is 9.51. The van der Waals surface area contributed by atoms with Crippen molar-refractivity contribution in [2.45, 2.75) is 58.2 Å². The van der Waals surface area contributed by atoms with Gasteiger partial charge < -0.3 is 15.4 Å². The van der Waals surface area contributed by atoms with Gasteiger partial charge in [-0.05, 0) is 32.3 Å². The van der Waals surface area contributed by atoms with Crippen molar-refractivity contribution in [3.63, 3.8) is 0 Å². The number of benzene rings is 1. The fraction of sp³-hybridized carbons (Fsp3) is 0.556. The monoisotopic (exact) mass is 318 g/mol. The highest BCUT2D eigenvalue weighted by atomic mass is 16.5. The zero-order valence-corrected chi connectivity index (χ0v) is 13.9. The lowest BCUT2D eigenvalue weighted by Crippen LogP contribution is -2.49. The molecule has 0 radical (unpaired) electrons. The molecule has 2 rings (SSSR count). The van der Waals surface area contributed by atoms with E-state index in [4.69, 9.17) is 4.74 Å². The molecule has 1 fully saturated rings. The second-order valence-electron chi connectivity index (χ2n) is 6.37. The highest BCUT2D eigenvalue weighted by Gasteiger charge is 2.32. The van der Waals surface area contributed by atoms with Crippen LogP contribution in [-0.2, 0) is 16.1 Å².